The van der Waals surface area contributed by atoms with E-state index in [-0.39, 0.29) is 0 Å². The maximum absolute atomic E-state index is 5.73. The fourth-order valence-electron chi connectivity index (χ4n) is 2.44. The van der Waals surface area contributed by atoms with Crippen LogP contribution in [0.5, 0.6) is 5.75 Å². The van der Waals surface area contributed by atoms with Crippen LogP contribution in [0.25, 0.3) is 0 Å². The highest BCUT2D eigenvalue weighted by Crippen LogP contribution is 2.38. The lowest BCUT2D eigenvalue weighted by Crippen LogP contribution is -2.14. The van der Waals surface area contributed by atoms with Crippen molar-refractivity contribution in [2.24, 2.45) is 0 Å². The molecule has 1 aromatic carbocycles. The maximum atomic E-state index is 5.73. The summed E-state index contributed by atoms with van der Waals surface area (Å²) in [4.78, 5) is 4.77. The smallest absolute Gasteiger partial charge is 0.123 e. The van der Waals surface area contributed by atoms with Crippen LogP contribution in [0.2, 0.25) is 0 Å². The van der Waals surface area contributed by atoms with E-state index in [0.29, 0.717) is 11.8 Å². The Morgan fingerprint density at radius 3 is 3.16 bits per heavy atom. The van der Waals surface area contributed by atoms with Crippen LogP contribution in [0.15, 0.2) is 29.6 Å². The summed E-state index contributed by atoms with van der Waals surface area (Å²) in [6.45, 7) is 0.776. The van der Waals surface area contributed by atoms with E-state index in [2.05, 4.69) is 17.5 Å². The first-order chi connectivity index (χ1) is 9.38. The first-order valence-corrected chi connectivity index (χ1v) is 8.02. The number of rotatable bonds is 4. The first-order valence-electron chi connectivity index (χ1n) is 6.60. The molecule has 19 heavy (non-hydrogen) atoms. The molecule has 0 amide bonds. The minimum absolute atomic E-state index is 0.389. The zero-order chi connectivity index (χ0) is 13.1. The molecule has 2 aromatic rings. The third-order valence-electron chi connectivity index (χ3n) is 3.39. The number of aryl methyl sites for hydroxylation is 1. The molecule has 0 bridgehead atoms. The van der Waals surface area contributed by atoms with Crippen LogP contribution in [-0.4, -0.2) is 17.5 Å². The predicted molar refractivity (Wildman–Crippen MR) is 79.6 cm³/mol. The monoisotopic (exact) mass is 293 g/mol. The van der Waals surface area contributed by atoms with Crippen molar-refractivity contribution < 1.29 is 4.74 Å². The summed E-state index contributed by atoms with van der Waals surface area (Å²) in [5, 5.41) is 3.38. The number of para-hydroxylation sites is 1. The Morgan fingerprint density at radius 2 is 2.26 bits per heavy atom. The second kappa shape index (κ2) is 5.93. The number of halogens is 1. The fourth-order valence-corrected chi connectivity index (χ4v) is 3.58. The van der Waals surface area contributed by atoms with Crippen molar-refractivity contribution in [1.82, 2.24) is 4.98 Å². The van der Waals surface area contributed by atoms with E-state index in [1.54, 1.807) is 11.3 Å². The minimum atomic E-state index is 0.389. The summed E-state index contributed by atoms with van der Waals surface area (Å²) in [6, 6.07) is 8.29. The van der Waals surface area contributed by atoms with E-state index in [1.165, 1.54) is 16.3 Å². The number of fused-ring (bicyclic) bond motifs is 1. The van der Waals surface area contributed by atoms with Crippen molar-refractivity contribution in [3.8, 4) is 5.75 Å². The van der Waals surface area contributed by atoms with Gasteiger partial charge in [-0.05, 0) is 25.3 Å². The van der Waals surface area contributed by atoms with Gasteiger partial charge in [0, 0.05) is 22.7 Å². The molecule has 0 aliphatic carbocycles. The quantitative estimate of drug-likeness (QED) is 0.787. The summed E-state index contributed by atoms with van der Waals surface area (Å²) in [5.74, 6) is 2.10. The standard InChI is InChI=1S/C15H16ClNOS/c16-8-3-4-11-10-19-15(17-11)13-7-9-18-14-6-2-1-5-12(13)14/h1-2,5-6,10,13H,3-4,7-9H2. The molecule has 1 aliphatic heterocycles. The molecule has 0 N–H and O–H groups in total. The summed E-state index contributed by atoms with van der Waals surface area (Å²) < 4.78 is 5.71. The summed E-state index contributed by atoms with van der Waals surface area (Å²) >= 11 is 7.49. The second-order valence-electron chi connectivity index (χ2n) is 4.70. The molecule has 0 radical (unpaired) electrons. The molecule has 3 rings (SSSR count). The average Bonchev–Trinajstić information content (AvgIpc) is 2.93. The molecule has 0 saturated carbocycles. The maximum Gasteiger partial charge on any atom is 0.123 e. The molecule has 2 heterocycles. The predicted octanol–water partition coefficient (Wildman–Crippen LogP) is 4.23. The van der Waals surface area contributed by atoms with E-state index in [4.69, 9.17) is 21.3 Å². The van der Waals surface area contributed by atoms with Gasteiger partial charge >= 0.3 is 0 Å². The van der Waals surface area contributed by atoms with Crippen LogP contribution >= 0.6 is 22.9 Å². The number of alkyl halides is 1. The fraction of sp³-hybridized carbons (Fsp3) is 0.400. The Kier molecular flexibility index (Phi) is 4.04. The second-order valence-corrected chi connectivity index (χ2v) is 5.96. The lowest BCUT2D eigenvalue weighted by atomic mass is 9.94. The molecule has 2 nitrogen and oxygen atoms in total. The van der Waals surface area contributed by atoms with Gasteiger partial charge in [0.25, 0.3) is 0 Å². The third kappa shape index (κ3) is 2.77. The largest absolute Gasteiger partial charge is 0.493 e. The zero-order valence-corrected chi connectivity index (χ0v) is 12.2. The molecule has 0 saturated heterocycles. The van der Waals surface area contributed by atoms with Gasteiger partial charge in [-0.2, -0.15) is 0 Å². The van der Waals surface area contributed by atoms with Crippen molar-refractivity contribution in [3.63, 3.8) is 0 Å². The molecule has 1 aliphatic rings. The number of hydrogen-bond donors (Lipinski definition) is 0. The highest BCUT2D eigenvalue weighted by molar-refractivity contribution is 7.09. The summed E-state index contributed by atoms with van der Waals surface area (Å²) in [6.07, 6.45) is 2.99. The van der Waals surface area contributed by atoms with E-state index in [0.717, 1.165) is 31.6 Å². The van der Waals surface area contributed by atoms with Crippen LogP contribution in [0, 0.1) is 0 Å². The van der Waals surface area contributed by atoms with Crippen molar-refractivity contribution in [3.05, 3.63) is 45.9 Å². The number of hydrogen-bond acceptors (Lipinski definition) is 3. The molecule has 0 spiro atoms. The van der Waals surface area contributed by atoms with Gasteiger partial charge in [0.15, 0.2) is 0 Å². The Morgan fingerprint density at radius 1 is 1.37 bits per heavy atom. The normalized spacial score (nSPS) is 17.8. The third-order valence-corrected chi connectivity index (χ3v) is 4.67. The van der Waals surface area contributed by atoms with Crippen LogP contribution in [0.1, 0.15) is 35.0 Å². The van der Waals surface area contributed by atoms with Crippen LogP contribution in [0.3, 0.4) is 0 Å². The van der Waals surface area contributed by atoms with Crippen molar-refractivity contribution in [1.29, 1.82) is 0 Å². The molecular weight excluding hydrogens is 278 g/mol. The van der Waals surface area contributed by atoms with E-state index in [1.807, 2.05) is 12.1 Å². The van der Waals surface area contributed by atoms with Crippen LogP contribution < -0.4 is 4.74 Å². The molecule has 0 fully saturated rings. The van der Waals surface area contributed by atoms with Crippen molar-refractivity contribution in [2.45, 2.75) is 25.2 Å². The Balaban J connectivity index is 1.85. The van der Waals surface area contributed by atoms with Gasteiger partial charge in [0.1, 0.15) is 10.8 Å². The molecule has 1 aromatic heterocycles. The highest BCUT2D eigenvalue weighted by Gasteiger charge is 2.24. The lowest BCUT2D eigenvalue weighted by molar-refractivity contribution is 0.277. The highest BCUT2D eigenvalue weighted by atomic mass is 35.5. The average molecular weight is 294 g/mol. The molecular formula is C15H16ClNOS. The van der Waals surface area contributed by atoms with Gasteiger partial charge in [-0.3, -0.25) is 0 Å². The lowest BCUT2D eigenvalue weighted by Gasteiger charge is -2.24. The van der Waals surface area contributed by atoms with Gasteiger partial charge < -0.3 is 4.74 Å². The van der Waals surface area contributed by atoms with E-state index in [9.17, 15) is 0 Å². The molecule has 100 valence electrons. The first kappa shape index (κ1) is 12.9. The summed E-state index contributed by atoms with van der Waals surface area (Å²) in [5.41, 5.74) is 2.44. The number of ether oxygens (including phenoxy) is 1. The zero-order valence-electron chi connectivity index (χ0n) is 10.6. The molecule has 1 unspecified atom stereocenters. The summed E-state index contributed by atoms with van der Waals surface area (Å²) in [7, 11) is 0. The van der Waals surface area contributed by atoms with Crippen LogP contribution in [0.4, 0.5) is 0 Å². The number of thiazole rings is 1. The van der Waals surface area contributed by atoms with Crippen molar-refractivity contribution >= 4 is 22.9 Å². The van der Waals surface area contributed by atoms with Gasteiger partial charge in [0.2, 0.25) is 0 Å². The topological polar surface area (TPSA) is 22.1 Å². The number of benzene rings is 1. The van der Waals surface area contributed by atoms with Crippen LogP contribution in [-0.2, 0) is 6.42 Å². The molecule has 4 heteroatoms. The Hall–Kier alpha value is -1.06. The Bertz CT molecular complexity index is 555. The van der Waals surface area contributed by atoms with Crippen molar-refractivity contribution in [2.75, 3.05) is 12.5 Å². The number of nitrogens with zero attached hydrogens (tertiary/aromatic N) is 1. The molecule has 1 atom stereocenters. The van der Waals surface area contributed by atoms with Gasteiger partial charge in [-0.15, -0.1) is 22.9 Å². The minimum Gasteiger partial charge on any atom is -0.493 e. The SMILES string of the molecule is ClCCCc1csc(C2CCOc3ccccc32)n1. The van der Waals surface area contributed by atoms with Gasteiger partial charge in [0.05, 0.1) is 12.3 Å². The number of aromatic nitrogens is 1. The van der Waals surface area contributed by atoms with E-state index < -0.39 is 0 Å². The van der Waals surface area contributed by atoms with Gasteiger partial charge in [-0.1, -0.05) is 18.2 Å². The van der Waals surface area contributed by atoms with Gasteiger partial charge in [-0.25, -0.2) is 4.98 Å². The Labute approximate surface area is 122 Å². The van der Waals surface area contributed by atoms with E-state index >= 15 is 0 Å².